The van der Waals surface area contributed by atoms with Crippen molar-refractivity contribution in [2.75, 3.05) is 24.7 Å². The summed E-state index contributed by atoms with van der Waals surface area (Å²) in [6.07, 6.45) is 1.29. The van der Waals surface area contributed by atoms with Gasteiger partial charge >= 0.3 is 5.97 Å². The van der Waals surface area contributed by atoms with E-state index >= 15 is 0 Å². The van der Waals surface area contributed by atoms with Crippen LogP contribution in [-0.2, 0) is 37.4 Å². The SMILES string of the molecule is O=C(O)c1ccc(N(Cc2ccc(C3CCOCC3)cc2)C(=O)C2(OCc3ccccc3)CCN2S(=O)(=O)c2c(F)c(F)c(F)c(F)c2F)cc1. The molecule has 0 radical (unpaired) electrons. The zero-order valence-corrected chi connectivity index (χ0v) is 27.6. The van der Waals surface area contributed by atoms with Crippen LogP contribution in [0.15, 0.2) is 83.8 Å². The van der Waals surface area contributed by atoms with Crippen molar-refractivity contribution in [3.8, 4) is 0 Å². The molecular formula is C36H31F5N2O7S. The minimum Gasteiger partial charge on any atom is -0.478 e. The Balaban J connectivity index is 1.43. The zero-order valence-electron chi connectivity index (χ0n) is 26.8. The van der Waals surface area contributed by atoms with E-state index in [4.69, 9.17) is 9.47 Å². The maximum atomic E-state index is 15.0. The molecule has 1 N–H and O–H groups in total. The fraction of sp³-hybridized carbons (Fsp3) is 0.278. The van der Waals surface area contributed by atoms with Gasteiger partial charge in [-0.15, -0.1) is 0 Å². The molecule has 268 valence electrons. The molecule has 1 amide bonds. The Kier molecular flexibility index (Phi) is 10.3. The van der Waals surface area contributed by atoms with Gasteiger partial charge in [-0.25, -0.2) is 35.2 Å². The second kappa shape index (κ2) is 14.5. The Bertz CT molecular complexity index is 2020. The highest BCUT2D eigenvalue weighted by Gasteiger charge is 2.61. The molecule has 2 aliphatic heterocycles. The van der Waals surface area contributed by atoms with Crippen LogP contribution in [0.1, 0.15) is 52.2 Å². The Hall–Kier alpha value is -4.70. The number of aromatic carboxylic acids is 1. The molecule has 4 aromatic carbocycles. The summed E-state index contributed by atoms with van der Waals surface area (Å²) in [4.78, 5) is 25.4. The summed E-state index contributed by atoms with van der Waals surface area (Å²) in [5, 5.41) is 9.46. The molecule has 9 nitrogen and oxygen atoms in total. The molecule has 2 heterocycles. The lowest BCUT2D eigenvalue weighted by Crippen LogP contribution is -2.70. The molecule has 2 saturated heterocycles. The number of carbonyl (C=O) groups excluding carboxylic acids is 1. The molecule has 0 saturated carbocycles. The number of anilines is 1. The van der Waals surface area contributed by atoms with E-state index in [9.17, 15) is 45.1 Å². The lowest BCUT2D eigenvalue weighted by molar-refractivity contribution is -0.194. The van der Waals surface area contributed by atoms with E-state index in [0.29, 0.717) is 24.3 Å². The second-order valence-corrected chi connectivity index (χ2v) is 14.0. The van der Waals surface area contributed by atoms with Gasteiger partial charge in [-0.05, 0) is 59.7 Å². The van der Waals surface area contributed by atoms with Crippen molar-refractivity contribution >= 4 is 27.6 Å². The van der Waals surface area contributed by atoms with Crippen molar-refractivity contribution in [3.63, 3.8) is 0 Å². The van der Waals surface area contributed by atoms with Crippen molar-refractivity contribution in [1.82, 2.24) is 4.31 Å². The van der Waals surface area contributed by atoms with Crippen LogP contribution in [0.4, 0.5) is 27.6 Å². The van der Waals surface area contributed by atoms with Gasteiger partial charge in [0.25, 0.3) is 15.9 Å². The fourth-order valence-electron chi connectivity index (χ4n) is 6.22. The minimum atomic E-state index is -5.63. The average molecular weight is 731 g/mol. The molecule has 1 atom stereocenters. The van der Waals surface area contributed by atoms with E-state index in [-0.39, 0.29) is 41.0 Å². The minimum absolute atomic E-state index is 0.110. The van der Waals surface area contributed by atoms with Gasteiger partial charge in [-0.1, -0.05) is 54.6 Å². The van der Waals surface area contributed by atoms with Crippen molar-refractivity contribution in [3.05, 3.63) is 130 Å². The highest BCUT2D eigenvalue weighted by atomic mass is 32.2. The first-order valence-corrected chi connectivity index (χ1v) is 17.3. The Morgan fingerprint density at radius 3 is 1.96 bits per heavy atom. The molecule has 6 rings (SSSR count). The van der Waals surface area contributed by atoms with Gasteiger partial charge in [0.2, 0.25) is 11.5 Å². The number of carboxylic acids is 1. The summed E-state index contributed by atoms with van der Waals surface area (Å²) in [5.41, 5.74) is -0.419. The number of hydrogen-bond acceptors (Lipinski definition) is 6. The number of nitrogens with zero attached hydrogens (tertiary/aromatic N) is 2. The average Bonchev–Trinajstić information content (AvgIpc) is 3.12. The molecule has 2 fully saturated rings. The molecule has 0 aromatic heterocycles. The third-order valence-corrected chi connectivity index (χ3v) is 11.0. The van der Waals surface area contributed by atoms with Crippen LogP contribution in [0.2, 0.25) is 0 Å². The van der Waals surface area contributed by atoms with Crippen LogP contribution >= 0.6 is 0 Å². The van der Waals surface area contributed by atoms with Gasteiger partial charge in [0, 0.05) is 31.9 Å². The van der Waals surface area contributed by atoms with Crippen molar-refractivity contribution in [1.29, 1.82) is 0 Å². The zero-order chi connectivity index (χ0) is 36.5. The van der Waals surface area contributed by atoms with Crippen LogP contribution in [0.5, 0.6) is 0 Å². The monoisotopic (exact) mass is 730 g/mol. The third-order valence-electron chi connectivity index (χ3n) is 9.11. The van der Waals surface area contributed by atoms with Crippen LogP contribution in [0, 0.1) is 29.1 Å². The third kappa shape index (κ3) is 6.86. The number of sulfonamides is 1. The van der Waals surface area contributed by atoms with Gasteiger partial charge in [-0.2, -0.15) is 4.31 Å². The lowest BCUT2D eigenvalue weighted by Gasteiger charge is -2.50. The number of carboxylic acid groups (broad SMARTS) is 1. The summed E-state index contributed by atoms with van der Waals surface area (Å²) >= 11 is 0. The molecule has 0 bridgehead atoms. The van der Waals surface area contributed by atoms with Crippen molar-refractivity contribution < 1.29 is 54.5 Å². The Morgan fingerprint density at radius 2 is 1.41 bits per heavy atom. The number of ether oxygens (including phenoxy) is 2. The number of halogens is 5. The molecule has 1 unspecified atom stereocenters. The molecule has 0 aliphatic carbocycles. The van der Waals surface area contributed by atoms with E-state index < -0.39 is 68.2 Å². The maximum Gasteiger partial charge on any atom is 0.335 e. The number of carbonyl (C=O) groups is 2. The topological polar surface area (TPSA) is 113 Å². The first kappa shape index (κ1) is 36.1. The van der Waals surface area contributed by atoms with Gasteiger partial charge in [0.15, 0.2) is 28.2 Å². The maximum absolute atomic E-state index is 15.0. The summed E-state index contributed by atoms with van der Waals surface area (Å²) in [5.74, 6) is -14.7. The first-order valence-electron chi connectivity index (χ1n) is 15.9. The molecule has 15 heteroatoms. The lowest BCUT2D eigenvalue weighted by atomic mass is 9.91. The van der Waals surface area contributed by atoms with Crippen molar-refractivity contribution in [2.24, 2.45) is 0 Å². The van der Waals surface area contributed by atoms with Crippen LogP contribution < -0.4 is 4.90 Å². The van der Waals surface area contributed by atoms with Crippen molar-refractivity contribution in [2.45, 2.75) is 49.0 Å². The predicted molar refractivity (Wildman–Crippen MR) is 173 cm³/mol. The van der Waals surface area contributed by atoms with E-state index in [1.165, 1.54) is 24.3 Å². The number of amides is 1. The highest BCUT2D eigenvalue weighted by molar-refractivity contribution is 7.89. The molecule has 0 spiro atoms. The Morgan fingerprint density at radius 1 is 0.824 bits per heavy atom. The van der Waals surface area contributed by atoms with E-state index in [1.54, 1.807) is 42.5 Å². The summed E-state index contributed by atoms with van der Waals surface area (Å²) in [6.45, 7) is 0.0778. The molecular weight excluding hydrogens is 699 g/mol. The van der Waals surface area contributed by atoms with Crippen LogP contribution in [0.3, 0.4) is 0 Å². The van der Waals surface area contributed by atoms with Gasteiger partial charge in [0.05, 0.1) is 18.7 Å². The number of hydrogen-bond donors (Lipinski definition) is 1. The van der Waals surface area contributed by atoms with Gasteiger partial charge < -0.3 is 19.5 Å². The Labute approximate surface area is 289 Å². The van der Waals surface area contributed by atoms with E-state index in [0.717, 1.165) is 23.3 Å². The second-order valence-electron chi connectivity index (χ2n) is 12.2. The summed E-state index contributed by atoms with van der Waals surface area (Å²) < 4.78 is 112. The van der Waals surface area contributed by atoms with E-state index in [1.807, 2.05) is 12.1 Å². The van der Waals surface area contributed by atoms with E-state index in [2.05, 4.69) is 0 Å². The summed E-state index contributed by atoms with van der Waals surface area (Å²) in [7, 11) is -5.63. The molecule has 51 heavy (non-hydrogen) atoms. The highest BCUT2D eigenvalue weighted by Crippen LogP contribution is 2.43. The number of benzene rings is 4. The first-order chi connectivity index (χ1) is 24.3. The normalized spacial score (nSPS) is 18.3. The quantitative estimate of drug-likeness (QED) is 0.106. The number of rotatable bonds is 11. The smallest absolute Gasteiger partial charge is 0.335 e. The van der Waals surface area contributed by atoms with Gasteiger partial charge in [0.1, 0.15) is 0 Å². The fourth-order valence-corrected chi connectivity index (χ4v) is 8.02. The largest absolute Gasteiger partial charge is 0.478 e. The van der Waals surface area contributed by atoms with Gasteiger partial charge in [-0.3, -0.25) is 4.79 Å². The van der Waals surface area contributed by atoms with Crippen LogP contribution in [-0.4, -0.2) is 55.2 Å². The van der Waals surface area contributed by atoms with Crippen LogP contribution in [0.25, 0.3) is 0 Å². The summed E-state index contributed by atoms with van der Waals surface area (Å²) in [6, 6.07) is 20.7. The predicted octanol–water partition coefficient (Wildman–Crippen LogP) is 6.52. The molecule has 4 aromatic rings. The standard InChI is InChI=1S/C36H31F5N2O7S/c37-28-29(38)31(40)33(32(41)30(28)39)51(47,48)43-17-16-36(43,50-21-23-4-2-1-3-5-23)35(46)42(27-12-10-26(11-13-27)34(44)45)20-22-6-8-24(9-7-22)25-14-18-49-19-15-25/h1-13,25H,14-21H2,(H,44,45). The molecule has 2 aliphatic rings.